The third kappa shape index (κ3) is 1.71. The average molecular weight is 239 g/mol. The van der Waals surface area contributed by atoms with Gasteiger partial charge in [-0.15, -0.1) is 0 Å². The zero-order valence-corrected chi connectivity index (χ0v) is 10.3. The molecule has 0 spiro atoms. The fraction of sp³-hybridized carbons (Fsp3) is 0.333. The van der Waals surface area contributed by atoms with Crippen LogP contribution < -0.4 is 5.73 Å². The quantitative estimate of drug-likeness (QED) is 0.894. The topological polar surface area (TPSA) is 51.8 Å². The maximum atomic E-state index is 5.67. The first kappa shape index (κ1) is 11.4. The van der Waals surface area contributed by atoms with Gasteiger partial charge in [0.2, 0.25) is 0 Å². The summed E-state index contributed by atoms with van der Waals surface area (Å²) in [5.74, 6) is 0.933. The molecule has 0 atom stereocenters. The van der Waals surface area contributed by atoms with Crippen LogP contribution in [0.3, 0.4) is 0 Å². The van der Waals surface area contributed by atoms with Crippen LogP contribution in [0.4, 0.5) is 0 Å². The first-order valence-corrected chi connectivity index (χ1v) is 6.43. The summed E-state index contributed by atoms with van der Waals surface area (Å²) in [6.45, 7) is 0.473. The highest BCUT2D eigenvalue weighted by atomic mass is 14.9. The molecule has 1 aliphatic carbocycles. The van der Waals surface area contributed by atoms with Crippen molar-refractivity contribution >= 4 is 0 Å². The molecule has 1 aromatic carbocycles. The lowest BCUT2D eigenvalue weighted by atomic mass is 9.64. The van der Waals surface area contributed by atoms with Gasteiger partial charge in [0.05, 0.1) is 11.1 Å². The van der Waals surface area contributed by atoms with Gasteiger partial charge < -0.3 is 5.73 Å². The van der Waals surface area contributed by atoms with Gasteiger partial charge in [0, 0.05) is 12.7 Å². The highest BCUT2D eigenvalue weighted by Gasteiger charge is 2.42. The monoisotopic (exact) mass is 239 g/mol. The van der Waals surface area contributed by atoms with E-state index in [9.17, 15) is 0 Å². The van der Waals surface area contributed by atoms with Gasteiger partial charge in [-0.3, -0.25) is 0 Å². The van der Waals surface area contributed by atoms with Crippen LogP contribution in [-0.2, 0) is 12.0 Å². The summed E-state index contributed by atoms with van der Waals surface area (Å²) in [6.07, 6.45) is 5.33. The summed E-state index contributed by atoms with van der Waals surface area (Å²) in [4.78, 5) is 9.12. The maximum Gasteiger partial charge on any atom is 0.139 e. The molecule has 92 valence electrons. The van der Waals surface area contributed by atoms with Gasteiger partial charge in [0.25, 0.3) is 0 Å². The highest BCUT2D eigenvalue weighted by Crippen LogP contribution is 2.47. The summed E-state index contributed by atoms with van der Waals surface area (Å²) in [5.41, 5.74) is 7.93. The van der Waals surface area contributed by atoms with Crippen molar-refractivity contribution in [1.29, 1.82) is 0 Å². The first-order valence-electron chi connectivity index (χ1n) is 6.43. The maximum absolute atomic E-state index is 5.67. The summed E-state index contributed by atoms with van der Waals surface area (Å²) in [7, 11) is 0. The number of nitrogens with two attached hydrogens (primary N) is 1. The highest BCUT2D eigenvalue weighted by molar-refractivity contribution is 5.35. The van der Waals surface area contributed by atoms with E-state index in [2.05, 4.69) is 34.2 Å². The lowest BCUT2D eigenvalue weighted by Crippen LogP contribution is -2.37. The molecule has 1 heterocycles. The van der Waals surface area contributed by atoms with Crippen molar-refractivity contribution in [3.05, 3.63) is 59.7 Å². The van der Waals surface area contributed by atoms with Crippen LogP contribution in [0.15, 0.2) is 42.6 Å². The third-order valence-electron chi connectivity index (χ3n) is 3.88. The van der Waals surface area contributed by atoms with Gasteiger partial charge in [0.1, 0.15) is 5.82 Å². The lowest BCUT2D eigenvalue weighted by Gasteiger charge is -2.41. The Bertz CT molecular complexity index is 532. The molecule has 1 fully saturated rings. The molecule has 2 N–H and O–H groups in total. The molecule has 0 radical (unpaired) electrons. The Hall–Kier alpha value is -1.74. The third-order valence-corrected chi connectivity index (χ3v) is 3.88. The number of benzene rings is 1. The number of aromatic nitrogens is 2. The Kier molecular flexibility index (Phi) is 2.84. The van der Waals surface area contributed by atoms with E-state index in [-0.39, 0.29) is 5.41 Å². The molecule has 3 heteroatoms. The minimum Gasteiger partial charge on any atom is -0.325 e. The molecule has 3 nitrogen and oxygen atoms in total. The first-order chi connectivity index (χ1) is 8.85. The second kappa shape index (κ2) is 4.50. The van der Waals surface area contributed by atoms with Gasteiger partial charge >= 0.3 is 0 Å². The normalized spacial score (nSPS) is 17.2. The fourth-order valence-corrected chi connectivity index (χ4v) is 2.67. The molecule has 1 aromatic heterocycles. The largest absolute Gasteiger partial charge is 0.325 e. The molecule has 0 aliphatic heterocycles. The molecule has 2 aromatic rings. The zero-order valence-electron chi connectivity index (χ0n) is 10.3. The van der Waals surface area contributed by atoms with Gasteiger partial charge in [-0.1, -0.05) is 36.8 Å². The molecule has 0 saturated heterocycles. The molecule has 18 heavy (non-hydrogen) atoms. The Balaban J connectivity index is 2.06. The van der Waals surface area contributed by atoms with E-state index >= 15 is 0 Å². The number of nitrogens with zero attached hydrogens (tertiary/aromatic N) is 2. The predicted octanol–water partition coefficient (Wildman–Crippen LogP) is 2.41. The van der Waals surface area contributed by atoms with Crippen molar-refractivity contribution in [2.75, 3.05) is 0 Å². The van der Waals surface area contributed by atoms with Crippen molar-refractivity contribution in [3.63, 3.8) is 0 Å². The average Bonchev–Trinajstić information content (AvgIpc) is 2.39. The van der Waals surface area contributed by atoms with Crippen molar-refractivity contribution < 1.29 is 0 Å². The standard InChI is InChI=1S/C15H17N3/c16-11-13-7-10-17-14(18-13)15(8-4-9-15)12-5-2-1-3-6-12/h1-3,5-7,10H,4,8-9,11,16H2. The minimum atomic E-state index is 0.0203. The lowest BCUT2D eigenvalue weighted by molar-refractivity contribution is 0.284. The van der Waals surface area contributed by atoms with Crippen LogP contribution in [0.5, 0.6) is 0 Å². The summed E-state index contributed by atoms with van der Waals surface area (Å²) < 4.78 is 0. The Morgan fingerprint density at radius 2 is 1.89 bits per heavy atom. The van der Waals surface area contributed by atoms with E-state index in [1.54, 1.807) is 0 Å². The Labute approximate surface area is 107 Å². The van der Waals surface area contributed by atoms with Gasteiger partial charge in [-0.2, -0.15) is 0 Å². The van der Waals surface area contributed by atoms with Crippen LogP contribution in [0.1, 0.15) is 36.3 Å². The van der Waals surface area contributed by atoms with E-state index in [4.69, 9.17) is 5.73 Å². The van der Waals surface area contributed by atoms with Crippen molar-refractivity contribution in [2.24, 2.45) is 5.73 Å². The number of rotatable bonds is 3. The van der Waals surface area contributed by atoms with Gasteiger partial charge in [-0.25, -0.2) is 9.97 Å². The molecular formula is C15H17N3. The summed E-state index contributed by atoms with van der Waals surface area (Å²) in [5, 5.41) is 0. The van der Waals surface area contributed by atoms with Crippen LogP contribution >= 0.6 is 0 Å². The van der Waals surface area contributed by atoms with E-state index in [0.29, 0.717) is 6.54 Å². The minimum absolute atomic E-state index is 0.0203. The van der Waals surface area contributed by atoms with Crippen LogP contribution in [0, 0.1) is 0 Å². The van der Waals surface area contributed by atoms with Crippen LogP contribution in [-0.4, -0.2) is 9.97 Å². The molecule has 1 saturated carbocycles. The SMILES string of the molecule is NCc1ccnc(C2(c3ccccc3)CCC2)n1. The molecule has 1 aliphatic rings. The molecule has 0 bridgehead atoms. The van der Waals surface area contributed by atoms with Crippen LogP contribution in [0.25, 0.3) is 0 Å². The van der Waals surface area contributed by atoms with Crippen molar-refractivity contribution in [1.82, 2.24) is 9.97 Å². The Morgan fingerprint density at radius 1 is 1.11 bits per heavy atom. The van der Waals surface area contributed by atoms with E-state index in [1.807, 2.05) is 18.3 Å². The second-order valence-electron chi connectivity index (χ2n) is 4.88. The molecular weight excluding hydrogens is 222 g/mol. The number of hydrogen-bond donors (Lipinski definition) is 1. The van der Waals surface area contributed by atoms with Gasteiger partial charge in [-0.05, 0) is 24.5 Å². The second-order valence-corrected chi connectivity index (χ2v) is 4.88. The molecule has 0 unspecified atom stereocenters. The number of hydrogen-bond acceptors (Lipinski definition) is 3. The van der Waals surface area contributed by atoms with Gasteiger partial charge in [0.15, 0.2) is 0 Å². The van der Waals surface area contributed by atoms with E-state index in [1.165, 1.54) is 12.0 Å². The predicted molar refractivity (Wildman–Crippen MR) is 71.0 cm³/mol. The van der Waals surface area contributed by atoms with Crippen LogP contribution in [0.2, 0.25) is 0 Å². The Morgan fingerprint density at radius 3 is 2.50 bits per heavy atom. The smallest absolute Gasteiger partial charge is 0.139 e. The zero-order chi connectivity index (χ0) is 12.4. The molecule has 0 amide bonds. The fourth-order valence-electron chi connectivity index (χ4n) is 2.67. The summed E-state index contributed by atoms with van der Waals surface area (Å²) in [6, 6.07) is 12.5. The molecule has 3 rings (SSSR count). The van der Waals surface area contributed by atoms with Crippen molar-refractivity contribution in [3.8, 4) is 0 Å². The van der Waals surface area contributed by atoms with E-state index in [0.717, 1.165) is 24.4 Å². The van der Waals surface area contributed by atoms with E-state index < -0.39 is 0 Å². The van der Waals surface area contributed by atoms with Crippen molar-refractivity contribution in [2.45, 2.75) is 31.2 Å². The summed E-state index contributed by atoms with van der Waals surface area (Å²) >= 11 is 0.